The minimum absolute atomic E-state index is 0.0356. The Hall–Kier alpha value is -11.6. The summed E-state index contributed by atoms with van der Waals surface area (Å²) < 4.78 is 5.40. The average molecular weight is 1420 g/mol. The minimum Gasteiger partial charge on any atom is -0.394 e. The smallest absolute Gasteiger partial charge is 0.246 e. The second-order valence-corrected chi connectivity index (χ2v) is 24.7. The molecule has 0 radical (unpaired) electrons. The standard InChI is InChI=1S/C70H91N21O12/c1-76-37-59(93)84-51(18-9-26-78-69(72)73)61(95)86-54(32-45-35-81-50-17-8-6-15-48(45)50)64(98)90-57(38-92)66(100)88-55(33-46-36-77-39-82-46)65(99)85-52(19-10-27-79-70(74)75)62(96)87-53(31-44-34-80-49-16-7-5-14-47(44)49)63(97)89-56(68(102)91-28-11-20-58(91)67(101)83-40-103-29-25-71)30-41-21-23-43(24-22-41)60(94)42-12-3-2-4-13-42/h2-8,12-17,21-24,34-36,39,51-58,76,80-81,92H,9-11,18-20,25-33,37-38,40,71H2,1H3,(H,77,82)(H,83,101)(H,84,93)(H,85,99)(H,86,95)(H,87,96)(H,88,100)(H,89,97)(H,90,98)(H4,72,73,78)(H4,74,75,79)/t51-,52+,53-,54-,55-,56+,57-,58-/m0/s1. The number of nitrogens with zero attached hydrogens (tertiary/aromatic N) is 2. The van der Waals surface area contributed by atoms with Crippen molar-refractivity contribution in [1.82, 2.24) is 83.3 Å². The first-order chi connectivity index (χ1) is 49.7. The Labute approximate surface area is 593 Å². The number of hydrogen-bond acceptors (Lipinski definition) is 17. The van der Waals surface area contributed by atoms with E-state index in [0.29, 0.717) is 68.2 Å². The highest BCUT2D eigenvalue weighted by molar-refractivity contribution is 6.09. The van der Waals surface area contributed by atoms with Crippen LogP contribution in [0.2, 0.25) is 0 Å². The van der Waals surface area contributed by atoms with E-state index >= 15 is 19.2 Å². The van der Waals surface area contributed by atoms with Crippen LogP contribution in [0.1, 0.15) is 76.8 Å². The van der Waals surface area contributed by atoms with E-state index in [0.717, 1.165) is 0 Å². The Morgan fingerprint density at radius 1 is 0.592 bits per heavy atom. The number of para-hydroxylation sites is 2. The van der Waals surface area contributed by atoms with Crippen LogP contribution in [-0.2, 0) is 73.6 Å². The summed E-state index contributed by atoms with van der Waals surface area (Å²) in [5.74, 6) is -8.08. The maximum Gasteiger partial charge on any atom is 0.246 e. The number of imidazole rings is 1. The van der Waals surface area contributed by atoms with Gasteiger partial charge in [-0.25, -0.2) is 4.98 Å². The molecule has 0 bridgehead atoms. The maximum absolute atomic E-state index is 15.4. The SMILES string of the molecule is CNCC(=O)N[C@@H](CCCNC(=N)N)C(=O)N[C@@H](Cc1c[nH]c2ccccc12)C(=O)N[C@@H](CO)C(=O)N[C@@H](Cc1cnc[nH]1)C(=O)N[C@H](CCCNC(=N)N)C(=O)N[C@@H](Cc1c[nH]c2ccccc12)C(=O)N[C@H](Cc1ccc(C(=O)c2ccccc2)cc1)C(=O)N1CCC[C@H]1C(=O)NCOCCN. The molecular formula is C70H91N21O12. The van der Waals surface area contributed by atoms with Gasteiger partial charge in [0.2, 0.25) is 53.2 Å². The van der Waals surface area contributed by atoms with Crippen LogP contribution in [0.25, 0.3) is 21.8 Å². The van der Waals surface area contributed by atoms with E-state index in [2.05, 4.69) is 78.4 Å². The zero-order valence-corrected chi connectivity index (χ0v) is 57.0. The van der Waals surface area contributed by atoms with Gasteiger partial charge in [0.05, 0.1) is 26.1 Å². The highest BCUT2D eigenvalue weighted by atomic mass is 16.5. The molecule has 23 N–H and O–H groups in total. The summed E-state index contributed by atoms with van der Waals surface area (Å²) in [6.45, 7) is -0.588. The predicted molar refractivity (Wildman–Crippen MR) is 382 cm³/mol. The average Bonchev–Trinajstić information content (AvgIpc) is 1.76. The van der Waals surface area contributed by atoms with E-state index in [1.165, 1.54) is 17.4 Å². The number of likely N-dealkylation sites (tertiary alicyclic amines) is 1. The highest BCUT2D eigenvalue weighted by Crippen LogP contribution is 2.24. The zero-order chi connectivity index (χ0) is 73.8. The van der Waals surface area contributed by atoms with Crippen LogP contribution in [-0.4, -0.2) is 209 Å². The van der Waals surface area contributed by atoms with Gasteiger partial charge in [0, 0.05) is 109 Å². The topological polar surface area (TPSA) is 522 Å². The molecule has 4 heterocycles. The maximum atomic E-state index is 15.4. The number of aliphatic hydroxyl groups excluding tert-OH is 1. The number of nitrogens with two attached hydrogens (primary N) is 3. The molecule has 3 aromatic heterocycles. The number of ketones is 1. The molecule has 0 saturated carbocycles. The molecule has 33 nitrogen and oxygen atoms in total. The summed E-state index contributed by atoms with van der Waals surface area (Å²) in [6.07, 6.45) is 6.19. The van der Waals surface area contributed by atoms with Gasteiger partial charge in [-0.05, 0) is 74.4 Å². The molecule has 4 aromatic carbocycles. The lowest BCUT2D eigenvalue weighted by atomic mass is 9.98. The fraction of sp³-hybridized carbons (Fsp3) is 0.386. The second kappa shape index (κ2) is 38.9. The number of guanidine groups is 2. The molecule has 9 amide bonds. The van der Waals surface area contributed by atoms with Gasteiger partial charge in [0.1, 0.15) is 55.1 Å². The Bertz CT molecular complexity index is 4050. The molecule has 103 heavy (non-hydrogen) atoms. The van der Waals surface area contributed by atoms with Crippen molar-refractivity contribution in [3.8, 4) is 0 Å². The Balaban J connectivity index is 1.06. The normalized spacial score (nSPS) is 14.7. The quantitative estimate of drug-likeness (QED) is 0.00652. The Morgan fingerprint density at radius 3 is 1.62 bits per heavy atom. The number of aromatic nitrogens is 4. The van der Waals surface area contributed by atoms with Gasteiger partial charge >= 0.3 is 0 Å². The van der Waals surface area contributed by atoms with Gasteiger partial charge in [-0.3, -0.25) is 58.8 Å². The number of ether oxygens (including phenoxy) is 1. The Kier molecular flexibility index (Phi) is 29.1. The van der Waals surface area contributed by atoms with Crippen LogP contribution >= 0.6 is 0 Å². The molecule has 0 spiro atoms. The van der Waals surface area contributed by atoms with Gasteiger partial charge < -0.3 is 105 Å². The predicted octanol–water partition coefficient (Wildman–Crippen LogP) is -1.95. The molecule has 33 heteroatoms. The number of hydrogen-bond donors (Lipinski definition) is 20. The number of carbonyl (C=O) groups is 10. The number of benzene rings is 4. The molecule has 1 fully saturated rings. The number of fused-ring (bicyclic) bond motifs is 2. The molecule has 0 aliphatic carbocycles. The molecule has 1 aliphatic rings. The number of likely N-dealkylation sites (N-methyl/N-ethyl adjacent to an activating group) is 1. The number of amides is 9. The fourth-order valence-electron chi connectivity index (χ4n) is 12.0. The molecule has 1 aliphatic heterocycles. The molecule has 8 atom stereocenters. The molecular weight excluding hydrogens is 1330 g/mol. The van der Waals surface area contributed by atoms with Gasteiger partial charge in [-0.15, -0.1) is 0 Å². The fourth-order valence-corrected chi connectivity index (χ4v) is 12.0. The molecule has 548 valence electrons. The van der Waals surface area contributed by atoms with Crippen molar-refractivity contribution in [2.75, 3.05) is 59.7 Å². The lowest BCUT2D eigenvalue weighted by Gasteiger charge is -2.30. The molecule has 1 saturated heterocycles. The van der Waals surface area contributed by atoms with Crippen molar-refractivity contribution in [3.63, 3.8) is 0 Å². The van der Waals surface area contributed by atoms with E-state index in [-0.39, 0.29) is 115 Å². The number of nitrogens with one attached hydrogen (secondary N) is 16. The zero-order valence-electron chi connectivity index (χ0n) is 57.0. The van der Waals surface area contributed by atoms with Crippen LogP contribution in [0.5, 0.6) is 0 Å². The van der Waals surface area contributed by atoms with Crippen LogP contribution in [0.4, 0.5) is 0 Å². The van der Waals surface area contributed by atoms with Crippen LogP contribution in [0, 0.1) is 10.8 Å². The number of aliphatic hydroxyl groups is 1. The largest absolute Gasteiger partial charge is 0.394 e. The minimum atomic E-state index is -1.79. The van der Waals surface area contributed by atoms with Gasteiger partial charge in [-0.2, -0.15) is 0 Å². The first-order valence-corrected chi connectivity index (χ1v) is 33.9. The van der Waals surface area contributed by atoms with E-state index in [1.54, 1.807) is 98.3 Å². The van der Waals surface area contributed by atoms with Crippen LogP contribution < -0.4 is 75.7 Å². The summed E-state index contributed by atoms with van der Waals surface area (Å²) in [5.41, 5.74) is 20.9. The lowest BCUT2D eigenvalue weighted by molar-refractivity contribution is -0.142. The lowest BCUT2D eigenvalue weighted by Crippen LogP contribution is -2.61. The van der Waals surface area contributed by atoms with Crippen molar-refractivity contribution in [1.29, 1.82) is 10.8 Å². The van der Waals surface area contributed by atoms with E-state index in [1.807, 2.05) is 24.3 Å². The van der Waals surface area contributed by atoms with Crippen molar-refractivity contribution >= 4 is 92.7 Å². The summed E-state index contributed by atoms with van der Waals surface area (Å²) in [4.78, 5) is 159. The van der Waals surface area contributed by atoms with E-state index < -0.39 is 108 Å². The van der Waals surface area contributed by atoms with Crippen molar-refractivity contribution in [3.05, 3.63) is 162 Å². The van der Waals surface area contributed by atoms with E-state index in [4.69, 9.17) is 32.8 Å². The van der Waals surface area contributed by atoms with Crippen LogP contribution in [0.3, 0.4) is 0 Å². The monoisotopic (exact) mass is 1420 g/mol. The third kappa shape index (κ3) is 22.7. The molecule has 7 aromatic rings. The second-order valence-electron chi connectivity index (χ2n) is 24.7. The summed E-state index contributed by atoms with van der Waals surface area (Å²) >= 11 is 0. The summed E-state index contributed by atoms with van der Waals surface area (Å²) in [6, 6.07) is 18.2. The summed E-state index contributed by atoms with van der Waals surface area (Å²) in [5, 5.41) is 57.3. The van der Waals surface area contributed by atoms with Gasteiger partial charge in [0.25, 0.3) is 0 Å². The van der Waals surface area contributed by atoms with Crippen molar-refractivity contribution in [2.24, 2.45) is 17.2 Å². The summed E-state index contributed by atoms with van der Waals surface area (Å²) in [7, 11) is 1.54. The number of aromatic amines is 3. The van der Waals surface area contributed by atoms with Crippen molar-refractivity contribution in [2.45, 2.75) is 113 Å². The third-order valence-electron chi connectivity index (χ3n) is 17.2. The number of H-pyrrole nitrogens is 3. The first-order valence-electron chi connectivity index (χ1n) is 33.9. The molecule has 8 rings (SSSR count). The Morgan fingerprint density at radius 2 is 1.09 bits per heavy atom. The first kappa shape index (κ1) is 77.2. The third-order valence-corrected chi connectivity index (χ3v) is 17.2. The van der Waals surface area contributed by atoms with Gasteiger partial charge in [0.15, 0.2) is 17.7 Å². The van der Waals surface area contributed by atoms with Crippen LogP contribution in [0.15, 0.2) is 128 Å². The molecule has 0 unspecified atom stereocenters. The van der Waals surface area contributed by atoms with Gasteiger partial charge in [-0.1, -0.05) is 91.0 Å². The number of rotatable bonds is 40. The van der Waals surface area contributed by atoms with E-state index in [9.17, 15) is 33.9 Å². The number of carbonyl (C=O) groups excluding carboxylic acids is 10. The van der Waals surface area contributed by atoms with Crippen molar-refractivity contribution < 1.29 is 57.8 Å². The highest BCUT2D eigenvalue weighted by Gasteiger charge is 2.40.